The first-order valence-electron chi connectivity index (χ1n) is 4.09. The molecule has 0 N–H and O–H groups in total. The van der Waals surface area contributed by atoms with Gasteiger partial charge in [0.25, 0.3) is 10.8 Å². The minimum atomic E-state index is -0.943. The molecule has 0 aromatic heterocycles. The zero-order valence-corrected chi connectivity index (χ0v) is 8.22. The molecule has 2 rings (SSSR count). The highest BCUT2D eigenvalue weighted by Gasteiger charge is 2.38. The molecule has 0 fully saturated rings. The normalized spacial score (nSPS) is 16.1. The maximum atomic E-state index is 10.4. The molecule has 1 aromatic carbocycles. The van der Waals surface area contributed by atoms with Crippen LogP contribution in [-0.2, 0) is 0 Å². The predicted octanol–water partition coefficient (Wildman–Crippen LogP) is 2.33. The van der Waals surface area contributed by atoms with E-state index in [0.717, 1.165) is 0 Å². The van der Waals surface area contributed by atoms with Crippen molar-refractivity contribution in [3.05, 3.63) is 34.4 Å². The van der Waals surface area contributed by atoms with E-state index in [2.05, 4.69) is 10.2 Å². The van der Waals surface area contributed by atoms with Gasteiger partial charge in [0.2, 0.25) is 0 Å². The van der Waals surface area contributed by atoms with Gasteiger partial charge in [-0.15, -0.1) is 10.2 Å². The summed E-state index contributed by atoms with van der Waals surface area (Å²) in [4.78, 5) is 9.88. The number of rotatable bonds is 4. The summed E-state index contributed by atoms with van der Waals surface area (Å²) in [7, 11) is 0. The van der Waals surface area contributed by atoms with E-state index in [4.69, 9.17) is 16.3 Å². The number of hydrogen-bond donors (Lipinski definition) is 0. The van der Waals surface area contributed by atoms with Gasteiger partial charge in [0.15, 0.2) is 6.61 Å². The van der Waals surface area contributed by atoms with Crippen molar-refractivity contribution in [3.63, 3.8) is 0 Å². The fourth-order valence-corrected chi connectivity index (χ4v) is 1.04. The summed E-state index contributed by atoms with van der Waals surface area (Å²) in [6.07, 6.45) is 0. The Kier molecular flexibility index (Phi) is 2.28. The first-order chi connectivity index (χ1) is 7.09. The van der Waals surface area contributed by atoms with Gasteiger partial charge < -0.3 is 4.74 Å². The van der Waals surface area contributed by atoms with E-state index < -0.39 is 10.0 Å². The summed E-state index contributed by atoms with van der Waals surface area (Å²) in [6.45, 7) is 0.131. The monoisotopic (exact) mass is 227 g/mol. The molecule has 1 aliphatic rings. The SMILES string of the molecule is O=[N+]([O-])c1ccc(OCC2(Cl)N=N2)cc1. The topological polar surface area (TPSA) is 77.1 Å². The Balaban J connectivity index is 1.95. The minimum absolute atomic E-state index is 0.0173. The molecule has 6 nitrogen and oxygen atoms in total. The van der Waals surface area contributed by atoms with Crippen molar-refractivity contribution in [1.82, 2.24) is 0 Å². The van der Waals surface area contributed by atoms with E-state index in [1.54, 1.807) is 0 Å². The van der Waals surface area contributed by atoms with E-state index in [9.17, 15) is 10.1 Å². The second-order valence-corrected chi connectivity index (χ2v) is 3.56. The molecule has 0 aliphatic carbocycles. The van der Waals surface area contributed by atoms with Crippen LogP contribution in [0.2, 0.25) is 0 Å². The van der Waals surface area contributed by atoms with Crippen molar-refractivity contribution in [2.75, 3.05) is 6.61 Å². The van der Waals surface area contributed by atoms with Gasteiger partial charge in [-0.25, -0.2) is 0 Å². The molecular weight excluding hydrogens is 222 g/mol. The van der Waals surface area contributed by atoms with Crippen LogP contribution >= 0.6 is 11.6 Å². The number of nitro benzene ring substituents is 1. The number of ether oxygens (including phenoxy) is 1. The second kappa shape index (κ2) is 3.47. The fraction of sp³-hybridized carbons (Fsp3) is 0.250. The zero-order valence-electron chi connectivity index (χ0n) is 7.46. The number of benzene rings is 1. The third kappa shape index (κ3) is 2.41. The molecule has 0 spiro atoms. The highest BCUT2D eigenvalue weighted by Crippen LogP contribution is 2.33. The van der Waals surface area contributed by atoms with Crippen LogP contribution in [-0.4, -0.2) is 16.7 Å². The third-order valence-corrected chi connectivity index (χ3v) is 2.05. The average molecular weight is 228 g/mol. The maximum absolute atomic E-state index is 10.4. The Morgan fingerprint density at radius 1 is 1.40 bits per heavy atom. The molecule has 1 aromatic rings. The number of nitro groups is 1. The molecule has 0 amide bonds. The van der Waals surface area contributed by atoms with Crippen LogP contribution in [0.4, 0.5) is 5.69 Å². The number of alkyl halides is 1. The molecule has 78 valence electrons. The van der Waals surface area contributed by atoms with Crippen molar-refractivity contribution < 1.29 is 9.66 Å². The summed E-state index contributed by atoms with van der Waals surface area (Å²) >= 11 is 5.71. The average Bonchev–Trinajstić information content (AvgIpc) is 2.95. The quantitative estimate of drug-likeness (QED) is 0.343. The third-order valence-electron chi connectivity index (χ3n) is 1.79. The Morgan fingerprint density at radius 3 is 2.47 bits per heavy atom. The van der Waals surface area contributed by atoms with Crippen LogP contribution in [0.5, 0.6) is 5.75 Å². The number of halogens is 1. The van der Waals surface area contributed by atoms with Crippen molar-refractivity contribution in [2.24, 2.45) is 10.2 Å². The molecule has 1 heterocycles. The van der Waals surface area contributed by atoms with E-state index in [1.165, 1.54) is 24.3 Å². The van der Waals surface area contributed by atoms with Gasteiger partial charge in [-0.3, -0.25) is 10.1 Å². The maximum Gasteiger partial charge on any atom is 0.297 e. The van der Waals surface area contributed by atoms with Crippen molar-refractivity contribution >= 4 is 17.3 Å². The fourth-order valence-electron chi connectivity index (χ4n) is 0.951. The molecule has 0 bridgehead atoms. The van der Waals surface area contributed by atoms with Crippen LogP contribution in [0, 0.1) is 10.1 Å². The molecule has 15 heavy (non-hydrogen) atoms. The van der Waals surface area contributed by atoms with E-state index >= 15 is 0 Å². The van der Waals surface area contributed by atoms with E-state index in [-0.39, 0.29) is 12.3 Å². The Hall–Kier alpha value is -1.69. The lowest BCUT2D eigenvalue weighted by molar-refractivity contribution is -0.384. The van der Waals surface area contributed by atoms with Gasteiger partial charge in [-0.2, -0.15) is 0 Å². The predicted molar refractivity (Wildman–Crippen MR) is 52.0 cm³/mol. The van der Waals surface area contributed by atoms with Gasteiger partial charge in [-0.05, 0) is 12.1 Å². The molecule has 0 saturated heterocycles. The summed E-state index contributed by atoms with van der Waals surface area (Å²) in [5, 5.41) is 16.5. The first-order valence-corrected chi connectivity index (χ1v) is 4.47. The number of hydrogen-bond acceptors (Lipinski definition) is 5. The zero-order chi connectivity index (χ0) is 10.9. The van der Waals surface area contributed by atoms with E-state index in [0.29, 0.717) is 5.75 Å². The van der Waals surface area contributed by atoms with Gasteiger partial charge in [-0.1, -0.05) is 11.6 Å². The number of nitrogens with zero attached hydrogens (tertiary/aromatic N) is 3. The van der Waals surface area contributed by atoms with E-state index in [1.807, 2.05) is 0 Å². The Labute approximate surface area is 89.7 Å². The van der Waals surface area contributed by atoms with Crippen LogP contribution < -0.4 is 4.74 Å². The Bertz CT molecular complexity index is 412. The highest BCUT2D eigenvalue weighted by atomic mass is 35.5. The Morgan fingerprint density at radius 2 is 2.00 bits per heavy atom. The van der Waals surface area contributed by atoms with Gasteiger partial charge in [0.1, 0.15) is 5.75 Å². The smallest absolute Gasteiger partial charge is 0.297 e. The number of non-ortho nitro benzene ring substituents is 1. The summed E-state index contributed by atoms with van der Waals surface area (Å²) in [5.41, 5.74) is 0.0173. The van der Waals surface area contributed by atoms with Crippen LogP contribution in [0.3, 0.4) is 0 Å². The van der Waals surface area contributed by atoms with Crippen molar-refractivity contribution in [1.29, 1.82) is 0 Å². The first kappa shape index (κ1) is 9.85. The second-order valence-electron chi connectivity index (χ2n) is 2.96. The summed E-state index contributed by atoms with van der Waals surface area (Å²) < 4.78 is 5.23. The molecular formula is C8H6ClN3O3. The molecule has 0 unspecified atom stereocenters. The van der Waals surface area contributed by atoms with Gasteiger partial charge in [0, 0.05) is 12.1 Å². The van der Waals surface area contributed by atoms with Crippen molar-refractivity contribution in [3.8, 4) is 5.75 Å². The van der Waals surface area contributed by atoms with Crippen LogP contribution in [0.1, 0.15) is 0 Å². The molecule has 1 aliphatic heterocycles. The van der Waals surface area contributed by atoms with Crippen molar-refractivity contribution in [2.45, 2.75) is 5.12 Å². The molecule has 0 radical (unpaired) electrons. The lowest BCUT2D eigenvalue weighted by Gasteiger charge is -2.05. The highest BCUT2D eigenvalue weighted by molar-refractivity contribution is 6.24. The molecule has 7 heteroatoms. The largest absolute Gasteiger partial charge is 0.487 e. The summed E-state index contributed by atoms with van der Waals surface area (Å²) in [6, 6.07) is 5.72. The summed E-state index contributed by atoms with van der Waals surface area (Å²) in [5.74, 6) is 0.498. The standard InChI is InChI=1S/C8H6ClN3O3/c9-8(10-11-8)5-15-7-3-1-6(2-4-7)12(13)14/h1-4H,5H2. The van der Waals surface area contributed by atoms with Crippen LogP contribution in [0.15, 0.2) is 34.5 Å². The van der Waals surface area contributed by atoms with Crippen LogP contribution in [0.25, 0.3) is 0 Å². The van der Waals surface area contributed by atoms with Gasteiger partial charge in [0.05, 0.1) is 4.92 Å². The lowest BCUT2D eigenvalue weighted by Crippen LogP contribution is -2.13. The molecule has 0 saturated carbocycles. The minimum Gasteiger partial charge on any atom is -0.487 e. The van der Waals surface area contributed by atoms with Gasteiger partial charge >= 0.3 is 0 Å². The lowest BCUT2D eigenvalue weighted by atomic mass is 10.3. The molecule has 0 atom stereocenters.